The molecule has 41 heavy (non-hydrogen) atoms. The number of non-ortho nitro benzene ring substituents is 1. The lowest BCUT2D eigenvalue weighted by molar-refractivity contribution is -0.384. The second-order valence-electron chi connectivity index (χ2n) is 8.72. The molecule has 0 saturated carbocycles. The van der Waals surface area contributed by atoms with Crippen LogP contribution in [0.3, 0.4) is 0 Å². The third-order valence-electron chi connectivity index (χ3n) is 6.03. The summed E-state index contributed by atoms with van der Waals surface area (Å²) >= 11 is 1.08. The van der Waals surface area contributed by atoms with E-state index in [1.165, 1.54) is 30.5 Å². The number of ether oxygens (including phenoxy) is 1. The number of nitro benzene ring substituents is 1. The zero-order chi connectivity index (χ0) is 28.9. The van der Waals surface area contributed by atoms with Crippen LogP contribution in [0.2, 0.25) is 0 Å². The fourth-order valence-corrected chi connectivity index (χ4v) is 4.98. The summed E-state index contributed by atoms with van der Waals surface area (Å²) in [6.45, 7) is -0.0339. The number of hydrogen-bond donors (Lipinski definition) is 2. The van der Waals surface area contributed by atoms with E-state index < -0.39 is 22.6 Å². The number of hydrogen-bond acceptors (Lipinski definition) is 9. The Morgan fingerprint density at radius 3 is 2.39 bits per heavy atom. The molecule has 1 aliphatic heterocycles. The van der Waals surface area contributed by atoms with Crippen molar-refractivity contribution in [3.05, 3.63) is 123 Å². The maximum Gasteiger partial charge on any atom is 0.278 e. The SMILES string of the molecule is COc1ccc(NC2=C(Sc3cccc(NC(=O)c4ccc([N+](=O)[O-])cc4)c3)C(=O)N(Cc3ccco3)C2=O)cc1. The fraction of sp³-hybridized carbons (Fsp3) is 0.0690. The number of thioether (sulfide) groups is 1. The Kier molecular flexibility index (Phi) is 7.83. The molecule has 2 N–H and O–H groups in total. The summed E-state index contributed by atoms with van der Waals surface area (Å²) in [4.78, 5) is 51.8. The van der Waals surface area contributed by atoms with Gasteiger partial charge in [0.2, 0.25) is 0 Å². The van der Waals surface area contributed by atoms with Crippen molar-refractivity contribution in [2.45, 2.75) is 11.4 Å². The van der Waals surface area contributed by atoms with E-state index in [9.17, 15) is 24.5 Å². The standard InChI is InChI=1S/C29H22N4O7S/c1-39-22-13-9-19(10-14-22)30-25-26(29(36)32(28(25)35)17-23-5-3-15-40-23)41-24-6-2-4-20(16-24)31-27(34)18-7-11-21(12-8-18)33(37)38/h2-16,30H,17H2,1H3,(H,31,34). The number of methoxy groups -OCH3 is 1. The van der Waals surface area contributed by atoms with Crippen molar-refractivity contribution in [1.29, 1.82) is 0 Å². The van der Waals surface area contributed by atoms with E-state index in [4.69, 9.17) is 9.15 Å². The van der Waals surface area contributed by atoms with Gasteiger partial charge in [-0.15, -0.1) is 0 Å². The first-order chi connectivity index (χ1) is 19.8. The molecule has 5 rings (SSSR count). The highest BCUT2D eigenvalue weighted by Crippen LogP contribution is 2.37. The first-order valence-electron chi connectivity index (χ1n) is 12.2. The van der Waals surface area contributed by atoms with Crippen LogP contribution in [0.5, 0.6) is 5.75 Å². The van der Waals surface area contributed by atoms with Crippen LogP contribution >= 0.6 is 11.8 Å². The third kappa shape index (κ3) is 6.12. The van der Waals surface area contributed by atoms with Crippen LogP contribution in [0.1, 0.15) is 16.1 Å². The lowest BCUT2D eigenvalue weighted by Gasteiger charge is -2.13. The summed E-state index contributed by atoms with van der Waals surface area (Å²) in [5.74, 6) is -0.363. The highest BCUT2D eigenvalue weighted by Gasteiger charge is 2.39. The molecule has 11 nitrogen and oxygen atoms in total. The molecule has 0 radical (unpaired) electrons. The molecule has 3 aromatic carbocycles. The van der Waals surface area contributed by atoms with Gasteiger partial charge in [-0.1, -0.05) is 17.8 Å². The topological polar surface area (TPSA) is 144 Å². The largest absolute Gasteiger partial charge is 0.497 e. The summed E-state index contributed by atoms with van der Waals surface area (Å²) in [6, 6.07) is 22.3. The van der Waals surface area contributed by atoms with Crippen molar-refractivity contribution in [2.75, 3.05) is 17.7 Å². The molecule has 0 spiro atoms. The number of nitrogens with zero attached hydrogens (tertiary/aromatic N) is 2. The van der Waals surface area contributed by atoms with Gasteiger partial charge in [0.05, 0.1) is 24.8 Å². The fourth-order valence-electron chi connectivity index (χ4n) is 3.97. The van der Waals surface area contributed by atoms with Gasteiger partial charge < -0.3 is 19.8 Å². The van der Waals surface area contributed by atoms with Crippen LogP contribution in [-0.4, -0.2) is 34.7 Å². The number of furan rings is 1. The van der Waals surface area contributed by atoms with E-state index in [0.717, 1.165) is 16.7 Å². The average molecular weight is 571 g/mol. The third-order valence-corrected chi connectivity index (χ3v) is 7.10. The first-order valence-corrected chi connectivity index (χ1v) is 13.0. The second kappa shape index (κ2) is 11.8. The molecule has 4 aromatic rings. The zero-order valence-electron chi connectivity index (χ0n) is 21.5. The van der Waals surface area contributed by atoms with Gasteiger partial charge >= 0.3 is 0 Å². The quantitative estimate of drug-likeness (QED) is 0.145. The summed E-state index contributed by atoms with van der Waals surface area (Å²) in [5.41, 5.74) is 1.26. The Morgan fingerprint density at radius 1 is 0.976 bits per heavy atom. The minimum atomic E-state index is -0.542. The number of carbonyl (C=O) groups is 3. The Bertz CT molecular complexity index is 1650. The minimum Gasteiger partial charge on any atom is -0.497 e. The summed E-state index contributed by atoms with van der Waals surface area (Å²) in [6.07, 6.45) is 1.47. The Hall–Kier alpha value is -5.36. The molecular formula is C29H22N4O7S. The van der Waals surface area contributed by atoms with Crippen molar-refractivity contribution in [3.8, 4) is 5.75 Å². The maximum atomic E-state index is 13.5. The number of benzene rings is 3. The van der Waals surface area contributed by atoms with Crippen LogP contribution in [0.15, 0.2) is 111 Å². The molecule has 0 unspecified atom stereocenters. The molecule has 2 heterocycles. The highest BCUT2D eigenvalue weighted by molar-refractivity contribution is 8.04. The van der Waals surface area contributed by atoms with E-state index in [1.807, 2.05) is 0 Å². The van der Waals surface area contributed by atoms with E-state index >= 15 is 0 Å². The molecule has 206 valence electrons. The van der Waals surface area contributed by atoms with Crippen LogP contribution in [-0.2, 0) is 16.1 Å². The minimum absolute atomic E-state index is 0.0339. The number of amides is 3. The molecule has 1 aliphatic rings. The number of rotatable bonds is 10. The van der Waals surface area contributed by atoms with E-state index in [0.29, 0.717) is 27.8 Å². The van der Waals surface area contributed by atoms with Gasteiger partial charge in [0.15, 0.2) is 0 Å². The molecule has 1 aromatic heterocycles. The average Bonchev–Trinajstić information content (AvgIpc) is 3.57. The smallest absolute Gasteiger partial charge is 0.278 e. The first kappa shape index (κ1) is 27.2. The maximum absolute atomic E-state index is 13.5. The second-order valence-corrected chi connectivity index (χ2v) is 9.81. The number of carbonyl (C=O) groups excluding carboxylic acids is 3. The van der Waals surface area contributed by atoms with Crippen molar-refractivity contribution >= 4 is 46.5 Å². The lowest BCUT2D eigenvalue weighted by atomic mass is 10.2. The van der Waals surface area contributed by atoms with Crippen LogP contribution in [0, 0.1) is 10.1 Å². The summed E-state index contributed by atoms with van der Waals surface area (Å²) in [7, 11) is 1.55. The normalized spacial score (nSPS) is 13.0. The Morgan fingerprint density at radius 2 is 1.73 bits per heavy atom. The molecule has 3 amide bonds. The van der Waals surface area contributed by atoms with Gasteiger partial charge in [0.25, 0.3) is 23.4 Å². The van der Waals surface area contributed by atoms with E-state index in [-0.39, 0.29) is 28.4 Å². The molecule has 0 bridgehead atoms. The van der Waals surface area contributed by atoms with Gasteiger partial charge in [-0.2, -0.15) is 0 Å². The van der Waals surface area contributed by atoms with E-state index in [1.54, 1.807) is 67.8 Å². The van der Waals surface area contributed by atoms with Crippen LogP contribution in [0.4, 0.5) is 17.1 Å². The lowest BCUT2D eigenvalue weighted by Crippen LogP contribution is -2.31. The van der Waals surface area contributed by atoms with Crippen LogP contribution < -0.4 is 15.4 Å². The predicted octanol–water partition coefficient (Wildman–Crippen LogP) is 5.43. The van der Waals surface area contributed by atoms with Crippen molar-refractivity contribution in [3.63, 3.8) is 0 Å². The molecule has 0 atom stereocenters. The molecular weight excluding hydrogens is 548 g/mol. The number of nitrogens with one attached hydrogen (secondary N) is 2. The van der Waals surface area contributed by atoms with Crippen molar-refractivity contribution in [1.82, 2.24) is 4.90 Å². The number of anilines is 2. The molecule has 0 fully saturated rings. The number of nitro groups is 1. The van der Waals surface area contributed by atoms with Gasteiger partial charge in [-0.25, -0.2) is 0 Å². The zero-order valence-corrected chi connectivity index (χ0v) is 22.3. The summed E-state index contributed by atoms with van der Waals surface area (Å²) in [5, 5.41) is 16.7. The van der Waals surface area contributed by atoms with Crippen molar-refractivity contribution in [2.24, 2.45) is 0 Å². The van der Waals surface area contributed by atoms with Gasteiger partial charge in [-0.3, -0.25) is 29.4 Å². The van der Waals surface area contributed by atoms with Gasteiger partial charge in [0, 0.05) is 34.0 Å². The van der Waals surface area contributed by atoms with Crippen LogP contribution in [0.25, 0.3) is 0 Å². The molecule has 0 saturated heterocycles. The number of imide groups is 1. The van der Waals surface area contributed by atoms with Crippen molar-refractivity contribution < 1.29 is 28.5 Å². The van der Waals surface area contributed by atoms with Gasteiger partial charge in [0.1, 0.15) is 22.1 Å². The molecule has 0 aliphatic carbocycles. The van der Waals surface area contributed by atoms with Gasteiger partial charge in [-0.05, 0) is 66.7 Å². The predicted molar refractivity (Wildman–Crippen MR) is 151 cm³/mol. The Balaban J connectivity index is 1.39. The monoisotopic (exact) mass is 570 g/mol. The Labute approximate surface area is 237 Å². The van der Waals surface area contributed by atoms with E-state index in [2.05, 4.69) is 10.6 Å². The summed E-state index contributed by atoms with van der Waals surface area (Å²) < 4.78 is 10.5. The highest BCUT2D eigenvalue weighted by atomic mass is 32.2. The molecule has 12 heteroatoms.